The molecule has 1 atom stereocenters. The van der Waals surface area contributed by atoms with Crippen molar-refractivity contribution >= 4 is 0 Å². The molecule has 1 saturated heterocycles. The highest BCUT2D eigenvalue weighted by molar-refractivity contribution is 4.90. The van der Waals surface area contributed by atoms with Gasteiger partial charge in [0.2, 0.25) is 0 Å². The lowest BCUT2D eigenvalue weighted by molar-refractivity contribution is 0.170. The number of hydrogen-bond donors (Lipinski definition) is 2. The average molecular weight is 238 g/mol. The Hall–Kier alpha value is -0.0800. The second kappa shape index (κ2) is 5.27. The van der Waals surface area contributed by atoms with Crippen molar-refractivity contribution in [2.75, 3.05) is 19.6 Å². The summed E-state index contributed by atoms with van der Waals surface area (Å²) in [6, 6.07) is 0.654. The van der Waals surface area contributed by atoms with Gasteiger partial charge in [-0.3, -0.25) is 0 Å². The van der Waals surface area contributed by atoms with Crippen LogP contribution in [0.4, 0.5) is 0 Å². The molecule has 17 heavy (non-hydrogen) atoms. The fraction of sp³-hybridized carbons (Fsp3) is 1.00. The Labute approximate surface area is 107 Å². The molecule has 0 radical (unpaired) electrons. The van der Waals surface area contributed by atoms with Crippen LogP contribution in [0.1, 0.15) is 59.3 Å². The molecule has 100 valence electrons. The van der Waals surface area contributed by atoms with Crippen LogP contribution >= 0.6 is 0 Å². The predicted molar refractivity (Wildman–Crippen MR) is 74.3 cm³/mol. The van der Waals surface area contributed by atoms with Gasteiger partial charge in [-0.25, -0.2) is 0 Å². The minimum atomic E-state index is 0.460. The lowest BCUT2D eigenvalue weighted by atomic mass is 9.77. The van der Waals surface area contributed by atoms with E-state index in [4.69, 9.17) is 0 Å². The topological polar surface area (TPSA) is 24.1 Å². The Morgan fingerprint density at radius 2 is 1.76 bits per heavy atom. The highest BCUT2D eigenvalue weighted by atomic mass is 15.0. The van der Waals surface area contributed by atoms with Crippen molar-refractivity contribution in [3.63, 3.8) is 0 Å². The third-order valence-electron chi connectivity index (χ3n) is 5.04. The molecule has 0 aromatic carbocycles. The quantitative estimate of drug-likeness (QED) is 0.787. The van der Waals surface area contributed by atoms with Crippen LogP contribution in [0.2, 0.25) is 0 Å². The van der Waals surface area contributed by atoms with Crippen molar-refractivity contribution in [3.8, 4) is 0 Å². The lowest BCUT2D eigenvalue weighted by Crippen LogP contribution is -2.52. The number of nitrogens with one attached hydrogen (secondary N) is 2. The monoisotopic (exact) mass is 238 g/mol. The van der Waals surface area contributed by atoms with Crippen molar-refractivity contribution in [2.45, 2.75) is 65.3 Å². The molecular weight excluding hydrogens is 208 g/mol. The SMILES string of the molecule is CC1(CNCC2NCCCC2(C)C)CCCC1. The number of rotatable bonds is 4. The van der Waals surface area contributed by atoms with E-state index in [0.717, 1.165) is 6.54 Å². The average Bonchev–Trinajstić information content (AvgIpc) is 2.68. The molecule has 1 saturated carbocycles. The summed E-state index contributed by atoms with van der Waals surface area (Å²) in [4.78, 5) is 0. The van der Waals surface area contributed by atoms with Gasteiger partial charge < -0.3 is 10.6 Å². The van der Waals surface area contributed by atoms with Gasteiger partial charge in [0.05, 0.1) is 0 Å². The summed E-state index contributed by atoms with van der Waals surface area (Å²) >= 11 is 0. The predicted octanol–water partition coefficient (Wildman–Crippen LogP) is 2.93. The normalized spacial score (nSPS) is 31.6. The number of piperidine rings is 1. The molecule has 1 unspecified atom stereocenters. The van der Waals surface area contributed by atoms with Gasteiger partial charge in [-0.1, -0.05) is 33.6 Å². The Morgan fingerprint density at radius 3 is 2.41 bits per heavy atom. The molecule has 0 spiro atoms. The lowest BCUT2D eigenvalue weighted by Gasteiger charge is -2.40. The molecule has 0 aromatic heterocycles. The van der Waals surface area contributed by atoms with E-state index in [0.29, 0.717) is 16.9 Å². The van der Waals surface area contributed by atoms with Crippen molar-refractivity contribution in [3.05, 3.63) is 0 Å². The van der Waals surface area contributed by atoms with Crippen LogP contribution in [0.5, 0.6) is 0 Å². The Balaban J connectivity index is 1.74. The molecule has 2 rings (SSSR count). The second-order valence-corrected chi connectivity index (χ2v) is 7.25. The third-order valence-corrected chi connectivity index (χ3v) is 5.04. The molecule has 0 amide bonds. The van der Waals surface area contributed by atoms with Crippen LogP contribution in [-0.4, -0.2) is 25.7 Å². The van der Waals surface area contributed by atoms with Gasteiger partial charge in [0, 0.05) is 19.1 Å². The maximum atomic E-state index is 3.73. The van der Waals surface area contributed by atoms with Crippen LogP contribution in [0.15, 0.2) is 0 Å². The Morgan fingerprint density at radius 1 is 1.06 bits per heavy atom. The first-order valence-electron chi connectivity index (χ1n) is 7.46. The zero-order chi connectivity index (χ0) is 12.4. The van der Waals surface area contributed by atoms with Crippen molar-refractivity contribution < 1.29 is 0 Å². The van der Waals surface area contributed by atoms with E-state index in [2.05, 4.69) is 31.4 Å². The van der Waals surface area contributed by atoms with Gasteiger partial charge in [-0.15, -0.1) is 0 Å². The molecular formula is C15H30N2. The first-order chi connectivity index (χ1) is 8.02. The van der Waals surface area contributed by atoms with Gasteiger partial charge in [0.25, 0.3) is 0 Å². The second-order valence-electron chi connectivity index (χ2n) is 7.25. The van der Waals surface area contributed by atoms with Crippen LogP contribution in [0.25, 0.3) is 0 Å². The summed E-state index contributed by atoms with van der Waals surface area (Å²) in [5.74, 6) is 0. The number of hydrogen-bond acceptors (Lipinski definition) is 2. The molecule has 2 N–H and O–H groups in total. The molecule has 0 aromatic rings. The van der Waals surface area contributed by atoms with Gasteiger partial charge in [0.15, 0.2) is 0 Å². The van der Waals surface area contributed by atoms with Gasteiger partial charge in [0.1, 0.15) is 0 Å². The molecule has 2 aliphatic rings. The maximum absolute atomic E-state index is 3.73. The fourth-order valence-corrected chi connectivity index (χ4v) is 3.54. The highest BCUT2D eigenvalue weighted by Crippen LogP contribution is 2.37. The third kappa shape index (κ3) is 3.45. The summed E-state index contributed by atoms with van der Waals surface area (Å²) < 4.78 is 0. The maximum Gasteiger partial charge on any atom is 0.0243 e. The van der Waals surface area contributed by atoms with E-state index in [1.807, 2.05) is 0 Å². The van der Waals surface area contributed by atoms with E-state index in [1.54, 1.807) is 0 Å². The summed E-state index contributed by atoms with van der Waals surface area (Å²) in [6.07, 6.45) is 8.41. The van der Waals surface area contributed by atoms with Crippen molar-refractivity contribution in [1.82, 2.24) is 10.6 Å². The molecule has 1 aliphatic heterocycles. The van der Waals surface area contributed by atoms with Crippen molar-refractivity contribution in [2.24, 2.45) is 10.8 Å². The van der Waals surface area contributed by atoms with E-state index in [1.165, 1.54) is 51.6 Å². The van der Waals surface area contributed by atoms with E-state index < -0.39 is 0 Å². The smallest absolute Gasteiger partial charge is 0.0243 e. The minimum Gasteiger partial charge on any atom is -0.315 e. The highest BCUT2D eigenvalue weighted by Gasteiger charge is 2.33. The Kier molecular flexibility index (Phi) is 4.14. The van der Waals surface area contributed by atoms with Gasteiger partial charge >= 0.3 is 0 Å². The van der Waals surface area contributed by atoms with E-state index in [9.17, 15) is 0 Å². The van der Waals surface area contributed by atoms with E-state index >= 15 is 0 Å². The Bertz CT molecular complexity index is 241. The zero-order valence-corrected chi connectivity index (χ0v) is 11.9. The summed E-state index contributed by atoms with van der Waals surface area (Å²) in [6.45, 7) is 10.8. The van der Waals surface area contributed by atoms with Gasteiger partial charge in [-0.2, -0.15) is 0 Å². The van der Waals surface area contributed by atoms with E-state index in [-0.39, 0.29) is 0 Å². The zero-order valence-electron chi connectivity index (χ0n) is 11.9. The summed E-state index contributed by atoms with van der Waals surface area (Å²) in [5.41, 5.74) is 1.04. The largest absolute Gasteiger partial charge is 0.315 e. The molecule has 2 heteroatoms. The molecule has 1 heterocycles. The summed E-state index contributed by atoms with van der Waals surface area (Å²) in [7, 11) is 0. The molecule has 2 nitrogen and oxygen atoms in total. The van der Waals surface area contributed by atoms with Crippen LogP contribution in [0.3, 0.4) is 0 Å². The van der Waals surface area contributed by atoms with Crippen LogP contribution in [-0.2, 0) is 0 Å². The fourth-order valence-electron chi connectivity index (χ4n) is 3.54. The summed E-state index contributed by atoms with van der Waals surface area (Å²) in [5, 5.41) is 7.42. The molecule has 1 aliphatic carbocycles. The molecule has 0 bridgehead atoms. The minimum absolute atomic E-state index is 0.460. The van der Waals surface area contributed by atoms with Crippen LogP contribution < -0.4 is 10.6 Å². The van der Waals surface area contributed by atoms with Crippen molar-refractivity contribution in [1.29, 1.82) is 0 Å². The first-order valence-corrected chi connectivity index (χ1v) is 7.46. The van der Waals surface area contributed by atoms with Gasteiger partial charge in [-0.05, 0) is 43.1 Å². The molecule has 2 fully saturated rings. The van der Waals surface area contributed by atoms with Crippen LogP contribution in [0, 0.1) is 10.8 Å². The first kappa shape index (κ1) is 13.4. The standard InChI is InChI=1S/C15H30N2/c1-14(2)7-6-10-17-13(14)11-16-12-15(3)8-4-5-9-15/h13,16-17H,4-12H2,1-3H3.